The van der Waals surface area contributed by atoms with Gasteiger partial charge in [-0.25, -0.2) is 0 Å². The standard InChI is InChI=1S/C19H22ClNO3/c1-19(2,14-6-8-15(20)9-7-14)18(22)21-12-13-5-10-16(23-3)17(11-13)24-4/h5-11H,12H2,1-4H3,(H,21,22). The third-order valence-electron chi connectivity index (χ3n) is 4.03. The predicted molar refractivity (Wildman–Crippen MR) is 95.9 cm³/mol. The molecule has 0 radical (unpaired) electrons. The Labute approximate surface area is 147 Å². The molecule has 0 unspecified atom stereocenters. The lowest BCUT2D eigenvalue weighted by Crippen LogP contribution is -2.39. The van der Waals surface area contributed by atoms with Crippen LogP contribution in [0, 0.1) is 0 Å². The summed E-state index contributed by atoms with van der Waals surface area (Å²) in [5.74, 6) is 1.25. The second-order valence-corrected chi connectivity index (χ2v) is 6.44. The molecule has 0 atom stereocenters. The SMILES string of the molecule is COc1ccc(CNC(=O)C(C)(C)c2ccc(Cl)cc2)cc1OC. The summed E-state index contributed by atoms with van der Waals surface area (Å²) in [6, 6.07) is 12.9. The number of carbonyl (C=O) groups excluding carboxylic acids is 1. The van der Waals surface area contributed by atoms with Crippen LogP contribution in [0.15, 0.2) is 42.5 Å². The molecule has 0 aromatic heterocycles. The molecule has 2 aromatic rings. The van der Waals surface area contributed by atoms with Gasteiger partial charge in [0.1, 0.15) is 0 Å². The highest BCUT2D eigenvalue weighted by Crippen LogP contribution is 2.28. The monoisotopic (exact) mass is 347 g/mol. The van der Waals surface area contributed by atoms with E-state index in [0.717, 1.165) is 11.1 Å². The Balaban J connectivity index is 2.08. The van der Waals surface area contributed by atoms with Gasteiger partial charge in [-0.05, 0) is 49.2 Å². The number of hydrogen-bond acceptors (Lipinski definition) is 3. The molecule has 0 spiro atoms. The van der Waals surface area contributed by atoms with Gasteiger partial charge in [-0.1, -0.05) is 29.8 Å². The maximum atomic E-state index is 12.6. The quantitative estimate of drug-likeness (QED) is 0.860. The summed E-state index contributed by atoms with van der Waals surface area (Å²) in [5.41, 5.74) is 1.20. The van der Waals surface area contributed by atoms with E-state index in [0.29, 0.717) is 23.1 Å². The van der Waals surface area contributed by atoms with Crippen molar-refractivity contribution in [1.82, 2.24) is 5.32 Å². The van der Waals surface area contributed by atoms with E-state index >= 15 is 0 Å². The zero-order valence-corrected chi connectivity index (χ0v) is 15.1. The van der Waals surface area contributed by atoms with Crippen molar-refractivity contribution in [2.24, 2.45) is 0 Å². The number of halogens is 1. The fourth-order valence-corrected chi connectivity index (χ4v) is 2.52. The highest BCUT2D eigenvalue weighted by Gasteiger charge is 2.29. The van der Waals surface area contributed by atoms with Crippen molar-refractivity contribution in [2.75, 3.05) is 14.2 Å². The topological polar surface area (TPSA) is 47.6 Å². The van der Waals surface area contributed by atoms with Crippen molar-refractivity contribution in [3.63, 3.8) is 0 Å². The number of ether oxygens (including phenoxy) is 2. The number of methoxy groups -OCH3 is 2. The van der Waals surface area contributed by atoms with Gasteiger partial charge in [-0.15, -0.1) is 0 Å². The number of carbonyl (C=O) groups is 1. The minimum Gasteiger partial charge on any atom is -0.493 e. The summed E-state index contributed by atoms with van der Waals surface area (Å²) >= 11 is 5.91. The van der Waals surface area contributed by atoms with Crippen LogP contribution < -0.4 is 14.8 Å². The second-order valence-electron chi connectivity index (χ2n) is 6.00. The van der Waals surface area contributed by atoms with Crippen LogP contribution in [0.5, 0.6) is 11.5 Å². The molecule has 0 aliphatic heterocycles. The minimum atomic E-state index is -0.652. The zero-order valence-electron chi connectivity index (χ0n) is 14.4. The normalized spacial score (nSPS) is 11.0. The van der Waals surface area contributed by atoms with Crippen molar-refractivity contribution in [2.45, 2.75) is 25.8 Å². The first kappa shape index (κ1) is 18.1. The lowest BCUT2D eigenvalue weighted by molar-refractivity contribution is -0.125. The van der Waals surface area contributed by atoms with E-state index < -0.39 is 5.41 Å². The Hall–Kier alpha value is -2.20. The summed E-state index contributed by atoms with van der Waals surface area (Å²) in [6.07, 6.45) is 0. The average molecular weight is 348 g/mol. The fourth-order valence-electron chi connectivity index (χ4n) is 2.39. The molecule has 0 heterocycles. The second kappa shape index (κ2) is 7.58. The molecule has 0 fully saturated rings. The summed E-state index contributed by atoms with van der Waals surface area (Å²) in [4.78, 5) is 12.6. The van der Waals surface area contributed by atoms with Crippen LogP contribution in [-0.2, 0) is 16.8 Å². The molecule has 0 bridgehead atoms. The lowest BCUT2D eigenvalue weighted by Gasteiger charge is -2.24. The van der Waals surface area contributed by atoms with Crippen LogP contribution in [-0.4, -0.2) is 20.1 Å². The van der Waals surface area contributed by atoms with E-state index in [-0.39, 0.29) is 5.91 Å². The van der Waals surface area contributed by atoms with Gasteiger partial charge in [0.15, 0.2) is 11.5 Å². The van der Waals surface area contributed by atoms with Crippen LogP contribution in [0.1, 0.15) is 25.0 Å². The van der Waals surface area contributed by atoms with Crippen LogP contribution >= 0.6 is 11.6 Å². The van der Waals surface area contributed by atoms with Crippen molar-refractivity contribution in [3.05, 3.63) is 58.6 Å². The van der Waals surface area contributed by atoms with E-state index in [9.17, 15) is 4.79 Å². The third-order valence-corrected chi connectivity index (χ3v) is 4.29. The van der Waals surface area contributed by atoms with E-state index in [1.165, 1.54) is 0 Å². The molecule has 2 rings (SSSR count). The number of hydrogen-bond donors (Lipinski definition) is 1. The summed E-state index contributed by atoms with van der Waals surface area (Å²) in [5, 5.41) is 3.63. The molecular formula is C19H22ClNO3. The number of rotatable bonds is 6. The maximum absolute atomic E-state index is 12.6. The number of nitrogens with one attached hydrogen (secondary N) is 1. The predicted octanol–water partition coefficient (Wildman–Crippen LogP) is 3.95. The van der Waals surface area contributed by atoms with Gasteiger partial charge in [0.25, 0.3) is 0 Å². The van der Waals surface area contributed by atoms with Gasteiger partial charge in [0.2, 0.25) is 5.91 Å². The van der Waals surface area contributed by atoms with Crippen LogP contribution in [0.3, 0.4) is 0 Å². The molecular weight excluding hydrogens is 326 g/mol. The Kier molecular flexibility index (Phi) is 5.73. The lowest BCUT2D eigenvalue weighted by atomic mass is 9.83. The van der Waals surface area contributed by atoms with Gasteiger partial charge in [0.05, 0.1) is 19.6 Å². The van der Waals surface area contributed by atoms with Crippen molar-refractivity contribution >= 4 is 17.5 Å². The van der Waals surface area contributed by atoms with Crippen LogP contribution in [0.4, 0.5) is 0 Å². The van der Waals surface area contributed by atoms with Crippen molar-refractivity contribution in [1.29, 1.82) is 0 Å². The molecule has 0 aliphatic rings. The van der Waals surface area contributed by atoms with E-state index in [1.54, 1.807) is 26.4 Å². The molecule has 128 valence electrons. The highest BCUT2D eigenvalue weighted by atomic mass is 35.5. The number of benzene rings is 2. The Morgan fingerprint density at radius 1 is 1.04 bits per heavy atom. The summed E-state index contributed by atoms with van der Waals surface area (Å²) in [7, 11) is 3.18. The van der Waals surface area contributed by atoms with Crippen molar-refractivity contribution in [3.8, 4) is 11.5 Å². The van der Waals surface area contributed by atoms with Gasteiger partial charge >= 0.3 is 0 Å². The molecule has 2 aromatic carbocycles. The van der Waals surface area contributed by atoms with Crippen LogP contribution in [0.2, 0.25) is 5.02 Å². The first-order valence-corrected chi connectivity index (χ1v) is 8.01. The van der Waals surface area contributed by atoms with Gasteiger partial charge in [-0.2, -0.15) is 0 Å². The van der Waals surface area contributed by atoms with Gasteiger partial charge < -0.3 is 14.8 Å². The number of amides is 1. The zero-order chi connectivity index (χ0) is 17.7. The van der Waals surface area contributed by atoms with E-state index in [1.807, 2.05) is 44.2 Å². The maximum Gasteiger partial charge on any atom is 0.230 e. The first-order valence-electron chi connectivity index (χ1n) is 7.63. The third kappa shape index (κ3) is 4.01. The summed E-state index contributed by atoms with van der Waals surface area (Å²) in [6.45, 7) is 4.19. The minimum absolute atomic E-state index is 0.0559. The first-order chi connectivity index (χ1) is 11.4. The molecule has 0 aliphatic carbocycles. The molecule has 0 saturated heterocycles. The molecule has 4 nitrogen and oxygen atoms in total. The molecule has 5 heteroatoms. The Bertz CT molecular complexity index is 711. The fraction of sp³-hybridized carbons (Fsp3) is 0.316. The Morgan fingerprint density at radius 3 is 2.25 bits per heavy atom. The smallest absolute Gasteiger partial charge is 0.230 e. The molecule has 0 saturated carbocycles. The molecule has 1 N–H and O–H groups in total. The van der Waals surface area contributed by atoms with Gasteiger partial charge in [0, 0.05) is 11.6 Å². The largest absolute Gasteiger partial charge is 0.493 e. The van der Waals surface area contributed by atoms with Crippen LogP contribution in [0.25, 0.3) is 0 Å². The van der Waals surface area contributed by atoms with Crippen molar-refractivity contribution < 1.29 is 14.3 Å². The summed E-state index contributed by atoms with van der Waals surface area (Å²) < 4.78 is 10.5. The molecule has 1 amide bonds. The molecule has 24 heavy (non-hydrogen) atoms. The van der Waals surface area contributed by atoms with E-state index in [2.05, 4.69) is 5.32 Å². The van der Waals surface area contributed by atoms with E-state index in [4.69, 9.17) is 21.1 Å². The highest BCUT2D eigenvalue weighted by molar-refractivity contribution is 6.30. The van der Waals surface area contributed by atoms with Gasteiger partial charge in [-0.3, -0.25) is 4.79 Å². The Morgan fingerprint density at radius 2 is 1.67 bits per heavy atom. The average Bonchev–Trinajstić information content (AvgIpc) is 2.59.